The summed E-state index contributed by atoms with van der Waals surface area (Å²) in [5, 5.41) is 10.4. The van der Waals surface area contributed by atoms with E-state index in [0.717, 1.165) is 19.4 Å². The summed E-state index contributed by atoms with van der Waals surface area (Å²) in [5.41, 5.74) is 1.48. The second-order valence-corrected chi connectivity index (χ2v) is 7.23. The molecule has 0 aliphatic carbocycles. The van der Waals surface area contributed by atoms with Gasteiger partial charge in [0.15, 0.2) is 17.4 Å². The van der Waals surface area contributed by atoms with E-state index in [0.29, 0.717) is 28.4 Å². The average Bonchev–Trinajstić information content (AvgIpc) is 3.44. The van der Waals surface area contributed by atoms with Gasteiger partial charge in [0, 0.05) is 24.0 Å². The summed E-state index contributed by atoms with van der Waals surface area (Å²) in [4.78, 5) is 37.8. The van der Waals surface area contributed by atoms with Crippen LogP contribution in [0.4, 0.5) is 5.95 Å². The minimum atomic E-state index is -0.596. The van der Waals surface area contributed by atoms with E-state index in [2.05, 4.69) is 30.7 Å². The van der Waals surface area contributed by atoms with Crippen molar-refractivity contribution in [1.29, 1.82) is 0 Å². The van der Waals surface area contributed by atoms with Crippen LogP contribution in [-0.2, 0) is 0 Å². The van der Waals surface area contributed by atoms with E-state index >= 15 is 0 Å². The molecule has 0 bridgehead atoms. The first kappa shape index (κ1) is 19.8. The van der Waals surface area contributed by atoms with Crippen LogP contribution >= 0.6 is 0 Å². The second kappa shape index (κ2) is 8.50. The van der Waals surface area contributed by atoms with Crippen LogP contribution in [0.1, 0.15) is 46.3 Å². The quantitative estimate of drug-likeness (QED) is 0.569. The van der Waals surface area contributed by atoms with Crippen molar-refractivity contribution in [3.05, 3.63) is 53.6 Å². The molecular weight excluding hydrogens is 384 g/mol. The zero-order valence-electron chi connectivity index (χ0n) is 16.8. The lowest BCUT2D eigenvalue weighted by molar-refractivity contribution is 0.0954. The Morgan fingerprint density at radius 2 is 2.00 bits per heavy atom. The van der Waals surface area contributed by atoms with Crippen molar-refractivity contribution < 1.29 is 14.1 Å². The Hall–Kier alpha value is -3.46. The Labute approximate surface area is 173 Å². The zero-order chi connectivity index (χ0) is 21.1. The van der Waals surface area contributed by atoms with E-state index in [1.165, 1.54) is 19.3 Å². The summed E-state index contributed by atoms with van der Waals surface area (Å²) in [6.45, 7) is 4.02. The third kappa shape index (κ3) is 4.11. The Morgan fingerprint density at radius 1 is 1.23 bits per heavy atom. The number of carbonyl (C=O) groups is 2. The first-order chi connectivity index (χ1) is 14.5. The van der Waals surface area contributed by atoms with Crippen LogP contribution in [-0.4, -0.2) is 50.3 Å². The van der Waals surface area contributed by atoms with Gasteiger partial charge in [-0.05, 0) is 39.3 Å². The van der Waals surface area contributed by atoms with Gasteiger partial charge in [-0.2, -0.15) is 4.98 Å². The average molecular weight is 406 g/mol. The number of carbonyl (C=O) groups excluding carboxylic acids is 2. The Kier molecular flexibility index (Phi) is 5.62. The van der Waals surface area contributed by atoms with Gasteiger partial charge in [0.2, 0.25) is 5.95 Å². The molecule has 0 spiro atoms. The highest BCUT2D eigenvalue weighted by atomic mass is 16.5. The van der Waals surface area contributed by atoms with Gasteiger partial charge in [0.1, 0.15) is 6.04 Å². The molecule has 30 heavy (non-hydrogen) atoms. The summed E-state index contributed by atoms with van der Waals surface area (Å²) >= 11 is 0. The maximum absolute atomic E-state index is 13.6. The van der Waals surface area contributed by atoms with E-state index in [-0.39, 0.29) is 23.6 Å². The van der Waals surface area contributed by atoms with Crippen LogP contribution in [0.3, 0.4) is 0 Å². The minimum Gasteiger partial charge on any atom is -0.342 e. The molecule has 9 heteroatoms. The van der Waals surface area contributed by atoms with Gasteiger partial charge >= 0.3 is 0 Å². The van der Waals surface area contributed by atoms with Crippen molar-refractivity contribution in [1.82, 2.24) is 25.4 Å². The molecule has 1 saturated heterocycles. The van der Waals surface area contributed by atoms with Gasteiger partial charge in [0.25, 0.3) is 5.89 Å². The Bertz CT molecular complexity index is 1060. The molecule has 154 valence electrons. The summed E-state index contributed by atoms with van der Waals surface area (Å²) in [6.07, 6.45) is 4.73. The molecule has 1 aromatic carbocycles. The van der Waals surface area contributed by atoms with Gasteiger partial charge in [-0.1, -0.05) is 23.4 Å². The van der Waals surface area contributed by atoms with Gasteiger partial charge < -0.3 is 15.2 Å². The molecule has 2 aromatic heterocycles. The van der Waals surface area contributed by atoms with E-state index in [9.17, 15) is 9.59 Å². The molecule has 1 aliphatic rings. The number of benzene rings is 1. The van der Waals surface area contributed by atoms with Crippen LogP contribution in [0.15, 0.2) is 41.2 Å². The van der Waals surface area contributed by atoms with Crippen LogP contribution in [0.2, 0.25) is 0 Å². The molecule has 1 fully saturated rings. The Balaban J connectivity index is 1.66. The SMILES string of the molecule is CC(=O)c1cnc(N[C@H](C(=O)c2ccccc2-c2nc(C)no2)C2CCCN2)nc1. The van der Waals surface area contributed by atoms with Crippen molar-refractivity contribution in [2.45, 2.75) is 38.8 Å². The molecule has 3 aromatic rings. The lowest BCUT2D eigenvalue weighted by Gasteiger charge is -2.24. The lowest BCUT2D eigenvalue weighted by Crippen LogP contribution is -2.46. The van der Waals surface area contributed by atoms with Gasteiger partial charge in [-0.15, -0.1) is 0 Å². The fourth-order valence-corrected chi connectivity index (χ4v) is 3.53. The molecule has 9 nitrogen and oxygen atoms in total. The van der Waals surface area contributed by atoms with E-state index in [1.807, 2.05) is 6.07 Å². The van der Waals surface area contributed by atoms with E-state index in [4.69, 9.17) is 4.52 Å². The Morgan fingerprint density at radius 3 is 2.63 bits per heavy atom. The van der Waals surface area contributed by atoms with Crippen molar-refractivity contribution in [2.75, 3.05) is 11.9 Å². The molecule has 2 atom stereocenters. The molecule has 3 heterocycles. The predicted octanol–water partition coefficient (Wildman–Crippen LogP) is 2.45. The highest BCUT2D eigenvalue weighted by Crippen LogP contribution is 2.25. The predicted molar refractivity (Wildman–Crippen MR) is 109 cm³/mol. The van der Waals surface area contributed by atoms with Crippen LogP contribution in [0.5, 0.6) is 0 Å². The number of nitrogens with zero attached hydrogens (tertiary/aromatic N) is 4. The normalized spacial score (nSPS) is 16.9. The van der Waals surface area contributed by atoms with Crippen molar-refractivity contribution in [2.24, 2.45) is 0 Å². The summed E-state index contributed by atoms with van der Waals surface area (Å²) in [7, 11) is 0. The number of anilines is 1. The molecule has 4 rings (SSSR count). The number of hydrogen-bond donors (Lipinski definition) is 2. The molecule has 1 aliphatic heterocycles. The number of nitrogens with one attached hydrogen (secondary N) is 2. The fraction of sp³-hybridized carbons (Fsp3) is 0.333. The van der Waals surface area contributed by atoms with Crippen molar-refractivity contribution in [3.63, 3.8) is 0 Å². The molecule has 0 saturated carbocycles. The first-order valence-electron chi connectivity index (χ1n) is 9.80. The third-order valence-corrected chi connectivity index (χ3v) is 5.08. The van der Waals surface area contributed by atoms with Crippen LogP contribution < -0.4 is 10.6 Å². The zero-order valence-corrected chi connectivity index (χ0v) is 16.8. The molecule has 1 unspecified atom stereocenters. The number of rotatable bonds is 7. The van der Waals surface area contributed by atoms with E-state index < -0.39 is 6.04 Å². The first-order valence-corrected chi connectivity index (χ1v) is 9.80. The number of aryl methyl sites for hydroxylation is 1. The molecule has 0 amide bonds. The minimum absolute atomic E-state index is 0.0777. The summed E-state index contributed by atoms with van der Waals surface area (Å²) < 4.78 is 5.29. The lowest BCUT2D eigenvalue weighted by atomic mass is 9.93. The van der Waals surface area contributed by atoms with Gasteiger partial charge in [-0.3, -0.25) is 9.59 Å². The monoisotopic (exact) mass is 406 g/mol. The van der Waals surface area contributed by atoms with Gasteiger partial charge in [0.05, 0.1) is 11.1 Å². The maximum Gasteiger partial charge on any atom is 0.258 e. The number of ketones is 2. The largest absolute Gasteiger partial charge is 0.342 e. The molecule has 2 N–H and O–H groups in total. The summed E-state index contributed by atoms with van der Waals surface area (Å²) in [5.74, 6) is 0.851. The van der Waals surface area contributed by atoms with Crippen LogP contribution in [0.25, 0.3) is 11.5 Å². The van der Waals surface area contributed by atoms with Gasteiger partial charge in [-0.25, -0.2) is 9.97 Å². The highest BCUT2D eigenvalue weighted by Gasteiger charge is 2.33. The standard InChI is InChI=1S/C21H22N6O3/c1-12(28)14-10-23-21(24-11-14)26-18(17-8-5-9-22-17)19(29)15-6-3-4-7-16(15)20-25-13(2)27-30-20/h3-4,6-7,10-11,17-18,22H,5,8-9H2,1-2H3,(H,23,24,26)/t17?,18-/m0/s1. The second-order valence-electron chi connectivity index (χ2n) is 7.23. The molecule has 0 radical (unpaired) electrons. The maximum atomic E-state index is 13.6. The topological polar surface area (TPSA) is 123 Å². The number of Topliss-reactive ketones (excluding diaryl/α,β-unsaturated/α-hetero) is 2. The highest BCUT2D eigenvalue weighted by molar-refractivity contribution is 6.06. The smallest absolute Gasteiger partial charge is 0.258 e. The molecular formula is C21H22N6O3. The summed E-state index contributed by atoms with van der Waals surface area (Å²) in [6, 6.07) is 6.49. The number of aromatic nitrogens is 4. The van der Waals surface area contributed by atoms with Crippen molar-refractivity contribution in [3.8, 4) is 11.5 Å². The van der Waals surface area contributed by atoms with E-state index in [1.54, 1.807) is 25.1 Å². The van der Waals surface area contributed by atoms with Crippen molar-refractivity contribution >= 4 is 17.5 Å². The third-order valence-electron chi connectivity index (χ3n) is 5.08. The van der Waals surface area contributed by atoms with Crippen LogP contribution in [0, 0.1) is 6.92 Å². The fourth-order valence-electron chi connectivity index (χ4n) is 3.53. The number of hydrogen-bond acceptors (Lipinski definition) is 9.